The predicted octanol–water partition coefficient (Wildman–Crippen LogP) is 4.73. The van der Waals surface area contributed by atoms with Crippen molar-refractivity contribution in [1.82, 2.24) is 4.90 Å². The van der Waals surface area contributed by atoms with Crippen molar-refractivity contribution in [3.8, 4) is 5.75 Å². The molecule has 0 unspecified atom stereocenters. The fraction of sp³-hybridized carbons (Fsp3) is 0.517. The summed E-state index contributed by atoms with van der Waals surface area (Å²) in [5.41, 5.74) is 1.44. The highest BCUT2D eigenvalue weighted by Crippen LogP contribution is 2.36. The van der Waals surface area contributed by atoms with Crippen LogP contribution in [0.4, 0.5) is 5.69 Å². The number of aromatic carboxylic acids is 1. The van der Waals surface area contributed by atoms with E-state index in [-0.39, 0.29) is 34.1 Å². The molecule has 1 aliphatic carbocycles. The molecule has 1 amide bonds. The van der Waals surface area contributed by atoms with Crippen molar-refractivity contribution in [2.45, 2.75) is 62.8 Å². The number of sulfonamides is 1. The number of hydrogen-bond donors (Lipinski definition) is 1. The van der Waals surface area contributed by atoms with Gasteiger partial charge in [0.1, 0.15) is 11.3 Å². The van der Waals surface area contributed by atoms with Crippen LogP contribution in [0.15, 0.2) is 41.3 Å². The summed E-state index contributed by atoms with van der Waals surface area (Å²) >= 11 is 0. The molecule has 0 aromatic heterocycles. The van der Waals surface area contributed by atoms with Gasteiger partial charge in [0.05, 0.1) is 17.2 Å². The Morgan fingerprint density at radius 3 is 2.31 bits per heavy atom. The SMILES string of the molecule is Cc1cc(C(=O)N(C)C)ccc1N(C1CCCCC1)S(=O)(=O)c1ccc(OCC2CCOCC2)c(C(=O)O)c1. The first kappa shape index (κ1) is 28.9. The number of benzene rings is 2. The number of ether oxygens (including phenoxy) is 2. The Bertz CT molecular complexity index is 1300. The Kier molecular flexibility index (Phi) is 9.17. The van der Waals surface area contributed by atoms with Crippen LogP contribution in [0.3, 0.4) is 0 Å². The van der Waals surface area contributed by atoms with Gasteiger partial charge in [0, 0.05) is 38.9 Å². The minimum Gasteiger partial charge on any atom is -0.492 e. The molecule has 0 radical (unpaired) electrons. The van der Waals surface area contributed by atoms with Crippen LogP contribution < -0.4 is 9.04 Å². The third-order valence-electron chi connectivity index (χ3n) is 7.55. The van der Waals surface area contributed by atoms with Gasteiger partial charge in [-0.15, -0.1) is 0 Å². The summed E-state index contributed by atoms with van der Waals surface area (Å²) < 4.78 is 41.1. The number of carboxylic acids is 1. The molecule has 10 heteroatoms. The summed E-state index contributed by atoms with van der Waals surface area (Å²) in [6.07, 6.45) is 5.94. The Labute approximate surface area is 230 Å². The number of rotatable bonds is 9. The first-order valence-corrected chi connectivity index (χ1v) is 15.0. The summed E-state index contributed by atoms with van der Waals surface area (Å²) in [4.78, 5) is 26.0. The molecule has 0 atom stereocenters. The van der Waals surface area contributed by atoms with Gasteiger partial charge in [-0.05, 0) is 80.5 Å². The van der Waals surface area contributed by atoms with Crippen molar-refractivity contribution < 1.29 is 32.6 Å². The van der Waals surface area contributed by atoms with Crippen LogP contribution in [-0.4, -0.2) is 70.3 Å². The Morgan fingerprint density at radius 2 is 1.69 bits per heavy atom. The highest BCUT2D eigenvalue weighted by atomic mass is 32.2. The van der Waals surface area contributed by atoms with E-state index in [0.717, 1.165) is 32.1 Å². The molecule has 2 aromatic carbocycles. The van der Waals surface area contributed by atoms with Gasteiger partial charge >= 0.3 is 5.97 Å². The molecule has 2 aliphatic rings. The third-order valence-corrected chi connectivity index (χ3v) is 9.41. The maximum atomic E-state index is 14.2. The highest BCUT2D eigenvalue weighted by molar-refractivity contribution is 7.92. The van der Waals surface area contributed by atoms with Crippen LogP contribution in [0, 0.1) is 12.8 Å². The lowest BCUT2D eigenvalue weighted by Gasteiger charge is -2.36. The van der Waals surface area contributed by atoms with E-state index in [1.54, 1.807) is 39.2 Å². The smallest absolute Gasteiger partial charge is 0.339 e. The standard InChI is InChI=1S/C29H38N2O7S/c1-20-17-22(28(32)30(2)3)9-11-26(20)31(23-7-5-4-6-8-23)39(35,36)24-10-12-27(25(18-24)29(33)34)38-19-21-13-15-37-16-14-21/h9-12,17-18,21,23H,4-8,13-16,19H2,1-3H3,(H,33,34). The third kappa shape index (κ3) is 6.55. The minimum atomic E-state index is -4.13. The molecule has 4 rings (SSSR count). The lowest BCUT2D eigenvalue weighted by atomic mass is 9.95. The topological polar surface area (TPSA) is 113 Å². The number of anilines is 1. The van der Waals surface area contributed by atoms with E-state index >= 15 is 0 Å². The lowest BCUT2D eigenvalue weighted by molar-refractivity contribution is 0.0490. The maximum Gasteiger partial charge on any atom is 0.339 e. The number of aryl methyl sites for hydroxylation is 1. The van der Waals surface area contributed by atoms with Crippen molar-refractivity contribution in [2.75, 3.05) is 38.2 Å². The molecule has 9 nitrogen and oxygen atoms in total. The molecule has 1 saturated heterocycles. The molecular formula is C29H38N2O7S. The second kappa shape index (κ2) is 12.4. The molecule has 2 fully saturated rings. The van der Waals surface area contributed by atoms with E-state index < -0.39 is 16.0 Å². The Balaban J connectivity index is 1.70. The van der Waals surface area contributed by atoms with Gasteiger partial charge in [-0.3, -0.25) is 9.10 Å². The molecule has 39 heavy (non-hydrogen) atoms. The van der Waals surface area contributed by atoms with E-state index in [2.05, 4.69) is 0 Å². The molecule has 1 aliphatic heterocycles. The van der Waals surface area contributed by atoms with E-state index in [1.165, 1.54) is 27.4 Å². The normalized spacial score (nSPS) is 17.0. The van der Waals surface area contributed by atoms with Crippen molar-refractivity contribution in [1.29, 1.82) is 0 Å². The first-order chi connectivity index (χ1) is 18.6. The van der Waals surface area contributed by atoms with Crippen LogP contribution in [0.2, 0.25) is 0 Å². The molecule has 2 aromatic rings. The van der Waals surface area contributed by atoms with Crippen molar-refractivity contribution in [3.05, 3.63) is 53.1 Å². The number of carbonyl (C=O) groups is 2. The van der Waals surface area contributed by atoms with Gasteiger partial charge in [-0.2, -0.15) is 0 Å². The average molecular weight is 559 g/mol. The first-order valence-electron chi connectivity index (χ1n) is 13.5. The van der Waals surface area contributed by atoms with E-state index in [0.29, 0.717) is 49.5 Å². The van der Waals surface area contributed by atoms with Crippen LogP contribution in [-0.2, 0) is 14.8 Å². The van der Waals surface area contributed by atoms with Crippen LogP contribution in [0.1, 0.15) is 71.2 Å². The van der Waals surface area contributed by atoms with E-state index in [1.807, 2.05) is 0 Å². The fourth-order valence-corrected chi connectivity index (χ4v) is 7.13. The van der Waals surface area contributed by atoms with Gasteiger partial charge in [-0.25, -0.2) is 13.2 Å². The van der Waals surface area contributed by atoms with Gasteiger partial charge in [-0.1, -0.05) is 19.3 Å². The fourth-order valence-electron chi connectivity index (χ4n) is 5.33. The zero-order valence-corrected chi connectivity index (χ0v) is 23.7. The monoisotopic (exact) mass is 558 g/mol. The van der Waals surface area contributed by atoms with Gasteiger partial charge in [0.25, 0.3) is 15.9 Å². The van der Waals surface area contributed by atoms with Crippen molar-refractivity contribution in [2.24, 2.45) is 5.92 Å². The summed E-state index contributed by atoms with van der Waals surface area (Å²) in [6, 6.07) is 8.84. The quantitative estimate of drug-likeness (QED) is 0.473. The lowest BCUT2D eigenvalue weighted by Crippen LogP contribution is -2.42. The molecule has 1 heterocycles. The number of carbonyl (C=O) groups excluding carboxylic acids is 1. The zero-order chi connectivity index (χ0) is 28.2. The number of hydrogen-bond acceptors (Lipinski definition) is 6. The Hall–Kier alpha value is -3.11. The largest absolute Gasteiger partial charge is 0.492 e. The molecule has 0 bridgehead atoms. The van der Waals surface area contributed by atoms with Crippen molar-refractivity contribution in [3.63, 3.8) is 0 Å². The second-order valence-corrected chi connectivity index (χ2v) is 12.4. The number of amides is 1. The molecule has 212 valence electrons. The van der Waals surface area contributed by atoms with Gasteiger partial charge < -0.3 is 19.5 Å². The predicted molar refractivity (Wildman–Crippen MR) is 148 cm³/mol. The van der Waals surface area contributed by atoms with Crippen molar-refractivity contribution >= 4 is 27.6 Å². The van der Waals surface area contributed by atoms with Crippen LogP contribution >= 0.6 is 0 Å². The summed E-state index contributed by atoms with van der Waals surface area (Å²) in [5, 5.41) is 9.92. The maximum absolute atomic E-state index is 14.2. The summed E-state index contributed by atoms with van der Waals surface area (Å²) in [5.74, 6) is -1.00. The summed E-state index contributed by atoms with van der Waals surface area (Å²) in [7, 11) is -0.795. The van der Waals surface area contributed by atoms with E-state index in [9.17, 15) is 23.1 Å². The molecule has 0 spiro atoms. The summed E-state index contributed by atoms with van der Waals surface area (Å²) in [6.45, 7) is 3.44. The Morgan fingerprint density at radius 1 is 1.00 bits per heavy atom. The zero-order valence-electron chi connectivity index (χ0n) is 22.9. The number of carboxylic acid groups (broad SMARTS) is 1. The van der Waals surface area contributed by atoms with Crippen LogP contribution in [0.5, 0.6) is 5.75 Å². The van der Waals surface area contributed by atoms with Gasteiger partial charge in [0.15, 0.2) is 0 Å². The van der Waals surface area contributed by atoms with E-state index in [4.69, 9.17) is 9.47 Å². The average Bonchev–Trinajstić information content (AvgIpc) is 2.93. The minimum absolute atomic E-state index is 0.100. The molecular weight excluding hydrogens is 520 g/mol. The number of nitrogens with zero attached hydrogens (tertiary/aromatic N) is 2. The molecule has 1 saturated carbocycles. The van der Waals surface area contributed by atoms with Gasteiger partial charge in [0.2, 0.25) is 0 Å². The highest BCUT2D eigenvalue weighted by Gasteiger charge is 2.35. The second-order valence-electron chi connectivity index (χ2n) is 10.6. The molecule has 1 N–H and O–H groups in total. The van der Waals surface area contributed by atoms with Crippen LogP contribution in [0.25, 0.3) is 0 Å².